The first-order chi connectivity index (χ1) is 7.94. The van der Waals surface area contributed by atoms with Gasteiger partial charge >= 0.3 is 6.18 Å². The van der Waals surface area contributed by atoms with Gasteiger partial charge in [-0.05, 0) is 12.1 Å². The van der Waals surface area contributed by atoms with Crippen LogP contribution in [0.2, 0.25) is 0 Å². The van der Waals surface area contributed by atoms with Crippen LogP contribution in [0.25, 0.3) is 11.3 Å². The lowest BCUT2D eigenvalue weighted by Gasteiger charge is -2.01. The number of halogens is 3. The van der Waals surface area contributed by atoms with Crippen molar-refractivity contribution in [3.63, 3.8) is 0 Å². The minimum absolute atomic E-state index is 0.0734. The lowest BCUT2D eigenvalue weighted by molar-refractivity contribution is -0.127. The first kappa shape index (κ1) is 11.9. The highest BCUT2D eigenvalue weighted by Gasteiger charge is 2.29. The highest BCUT2D eigenvalue weighted by atomic mass is 32.1. The summed E-state index contributed by atoms with van der Waals surface area (Å²) in [6.07, 6.45) is -5.19. The van der Waals surface area contributed by atoms with E-state index in [1.165, 1.54) is 0 Å². The van der Waals surface area contributed by atoms with E-state index in [-0.39, 0.29) is 5.01 Å². The number of alkyl halides is 3. The van der Waals surface area contributed by atoms with Crippen molar-refractivity contribution in [2.24, 2.45) is 0 Å². The van der Waals surface area contributed by atoms with E-state index < -0.39 is 12.6 Å². The van der Waals surface area contributed by atoms with Crippen molar-refractivity contribution >= 4 is 17.0 Å². The van der Waals surface area contributed by atoms with Gasteiger partial charge in [0.25, 0.3) is 0 Å². The van der Waals surface area contributed by atoms with Gasteiger partial charge in [-0.15, -0.1) is 11.3 Å². The summed E-state index contributed by atoms with van der Waals surface area (Å²) in [7, 11) is 0. The number of hydrogen-bond donors (Lipinski definition) is 1. The van der Waals surface area contributed by atoms with Gasteiger partial charge in [-0.1, -0.05) is 12.1 Å². The number of nitrogens with two attached hydrogens (primary N) is 1. The molecule has 0 aliphatic heterocycles. The summed E-state index contributed by atoms with van der Waals surface area (Å²) in [4.78, 5) is 3.95. The van der Waals surface area contributed by atoms with Crippen LogP contribution < -0.4 is 5.73 Å². The van der Waals surface area contributed by atoms with Crippen LogP contribution in [0.4, 0.5) is 18.9 Å². The van der Waals surface area contributed by atoms with Crippen molar-refractivity contribution in [1.82, 2.24) is 4.98 Å². The predicted molar refractivity (Wildman–Crippen MR) is 61.7 cm³/mol. The molecule has 90 valence electrons. The van der Waals surface area contributed by atoms with Gasteiger partial charge in [0.1, 0.15) is 5.01 Å². The minimum atomic E-state index is -4.21. The van der Waals surface area contributed by atoms with Gasteiger partial charge in [-0.25, -0.2) is 4.98 Å². The molecule has 0 spiro atoms. The number of thiazole rings is 1. The molecular weight excluding hydrogens is 249 g/mol. The fourth-order valence-corrected chi connectivity index (χ4v) is 2.18. The molecule has 2 aromatic rings. The highest BCUT2D eigenvalue weighted by Crippen LogP contribution is 2.27. The fourth-order valence-electron chi connectivity index (χ4n) is 1.35. The molecule has 0 saturated heterocycles. The zero-order chi connectivity index (χ0) is 12.5. The second kappa shape index (κ2) is 4.37. The molecule has 0 saturated carbocycles. The fraction of sp³-hybridized carbons (Fsp3) is 0.182. The SMILES string of the molecule is Nc1ccc(-c2csc(CC(F)(F)F)n2)cc1. The van der Waals surface area contributed by atoms with Crippen LogP contribution in [0.1, 0.15) is 5.01 Å². The van der Waals surface area contributed by atoms with E-state index >= 15 is 0 Å². The second-order valence-electron chi connectivity index (χ2n) is 3.54. The van der Waals surface area contributed by atoms with E-state index in [1.54, 1.807) is 29.6 Å². The van der Waals surface area contributed by atoms with Crippen molar-refractivity contribution in [2.75, 3.05) is 5.73 Å². The number of aromatic nitrogens is 1. The van der Waals surface area contributed by atoms with Crippen LogP contribution >= 0.6 is 11.3 Å². The van der Waals surface area contributed by atoms with Crippen molar-refractivity contribution in [1.29, 1.82) is 0 Å². The minimum Gasteiger partial charge on any atom is -0.399 e. The number of rotatable bonds is 2. The first-order valence-electron chi connectivity index (χ1n) is 4.81. The molecule has 1 heterocycles. The Balaban J connectivity index is 2.21. The Hall–Kier alpha value is -1.56. The van der Waals surface area contributed by atoms with Crippen LogP contribution in [0.15, 0.2) is 29.6 Å². The van der Waals surface area contributed by atoms with Gasteiger partial charge in [0.05, 0.1) is 12.1 Å². The Bertz CT molecular complexity index is 502. The summed E-state index contributed by atoms with van der Waals surface area (Å²) in [6, 6.07) is 6.86. The van der Waals surface area contributed by atoms with Gasteiger partial charge < -0.3 is 5.73 Å². The molecule has 2 rings (SSSR count). The van der Waals surface area contributed by atoms with E-state index in [0.29, 0.717) is 11.4 Å². The first-order valence-corrected chi connectivity index (χ1v) is 5.69. The van der Waals surface area contributed by atoms with Gasteiger partial charge in [-0.2, -0.15) is 13.2 Å². The van der Waals surface area contributed by atoms with E-state index in [2.05, 4.69) is 4.98 Å². The zero-order valence-corrected chi connectivity index (χ0v) is 9.48. The summed E-state index contributed by atoms with van der Waals surface area (Å²) >= 11 is 1.01. The maximum absolute atomic E-state index is 12.2. The summed E-state index contributed by atoms with van der Waals surface area (Å²) < 4.78 is 36.5. The van der Waals surface area contributed by atoms with Gasteiger partial charge in [-0.3, -0.25) is 0 Å². The smallest absolute Gasteiger partial charge is 0.395 e. The second-order valence-corrected chi connectivity index (χ2v) is 4.48. The van der Waals surface area contributed by atoms with E-state index in [4.69, 9.17) is 5.73 Å². The molecule has 1 aromatic heterocycles. The van der Waals surface area contributed by atoms with E-state index in [9.17, 15) is 13.2 Å². The number of nitrogens with zero attached hydrogens (tertiary/aromatic N) is 1. The number of anilines is 1. The third kappa shape index (κ3) is 3.20. The van der Waals surface area contributed by atoms with Crippen LogP contribution in [-0.4, -0.2) is 11.2 Å². The summed E-state index contributed by atoms with van der Waals surface area (Å²) in [5.41, 5.74) is 7.46. The largest absolute Gasteiger partial charge is 0.399 e. The van der Waals surface area contributed by atoms with Crippen molar-refractivity contribution in [3.8, 4) is 11.3 Å². The number of benzene rings is 1. The quantitative estimate of drug-likeness (QED) is 0.837. The average Bonchev–Trinajstić information content (AvgIpc) is 2.64. The maximum Gasteiger partial charge on any atom is 0.395 e. The van der Waals surface area contributed by atoms with Gasteiger partial charge in [0, 0.05) is 16.6 Å². The molecule has 0 bridgehead atoms. The van der Waals surface area contributed by atoms with Crippen molar-refractivity contribution in [3.05, 3.63) is 34.7 Å². The van der Waals surface area contributed by atoms with Crippen molar-refractivity contribution < 1.29 is 13.2 Å². The van der Waals surface area contributed by atoms with E-state index in [1.807, 2.05) is 0 Å². The Morgan fingerprint density at radius 1 is 1.18 bits per heavy atom. The molecule has 0 amide bonds. The molecule has 2 nitrogen and oxygen atoms in total. The highest BCUT2D eigenvalue weighted by molar-refractivity contribution is 7.09. The normalized spacial score (nSPS) is 11.7. The monoisotopic (exact) mass is 258 g/mol. The Labute approximate surface area is 99.9 Å². The van der Waals surface area contributed by atoms with Crippen molar-refractivity contribution in [2.45, 2.75) is 12.6 Å². The number of hydrogen-bond acceptors (Lipinski definition) is 3. The zero-order valence-electron chi connectivity index (χ0n) is 8.66. The summed E-state index contributed by atoms with van der Waals surface area (Å²) in [5, 5.41) is 1.69. The van der Waals surface area contributed by atoms with E-state index in [0.717, 1.165) is 16.9 Å². The Morgan fingerprint density at radius 3 is 2.41 bits per heavy atom. The molecule has 6 heteroatoms. The number of nitrogen functional groups attached to an aromatic ring is 1. The third-order valence-corrected chi connectivity index (χ3v) is 2.96. The molecule has 0 unspecified atom stereocenters. The third-order valence-electron chi connectivity index (χ3n) is 2.11. The van der Waals surface area contributed by atoms with Crippen LogP contribution in [-0.2, 0) is 6.42 Å². The molecule has 0 aliphatic rings. The average molecular weight is 258 g/mol. The van der Waals surface area contributed by atoms with Gasteiger partial charge in [0.2, 0.25) is 0 Å². The Kier molecular flexibility index (Phi) is 3.06. The topological polar surface area (TPSA) is 38.9 Å². The van der Waals surface area contributed by atoms with Crippen LogP contribution in [0.3, 0.4) is 0 Å². The molecule has 17 heavy (non-hydrogen) atoms. The molecule has 2 N–H and O–H groups in total. The molecule has 1 aromatic carbocycles. The summed E-state index contributed by atoms with van der Waals surface area (Å²) in [6.45, 7) is 0. The maximum atomic E-state index is 12.2. The van der Waals surface area contributed by atoms with Crippen LogP contribution in [0, 0.1) is 0 Å². The molecule has 0 atom stereocenters. The molecular formula is C11H9F3N2S. The van der Waals surface area contributed by atoms with Crippen LogP contribution in [0.5, 0.6) is 0 Å². The lowest BCUT2D eigenvalue weighted by Crippen LogP contribution is -2.11. The van der Waals surface area contributed by atoms with Gasteiger partial charge in [0.15, 0.2) is 0 Å². The molecule has 0 radical (unpaired) electrons. The summed E-state index contributed by atoms with van der Waals surface area (Å²) in [5.74, 6) is 0. The standard InChI is InChI=1S/C11H9F3N2S/c12-11(13,14)5-10-16-9(6-17-10)7-1-3-8(15)4-2-7/h1-4,6H,5,15H2. The molecule has 0 aliphatic carbocycles. The predicted octanol–water partition coefficient (Wildman–Crippen LogP) is 3.50. The molecule has 0 fully saturated rings. The Morgan fingerprint density at radius 2 is 1.82 bits per heavy atom. The lowest BCUT2D eigenvalue weighted by atomic mass is 10.1.